The van der Waals surface area contributed by atoms with Crippen LogP contribution in [0.4, 0.5) is 0 Å². The van der Waals surface area contributed by atoms with Crippen LogP contribution in [0.3, 0.4) is 0 Å². The zero-order chi connectivity index (χ0) is 11.3. The number of rotatable bonds is 5. The Kier molecular flexibility index (Phi) is 4.35. The molecular formula is C13H18O2. The van der Waals surface area contributed by atoms with Crippen molar-refractivity contribution >= 4 is 5.97 Å². The summed E-state index contributed by atoms with van der Waals surface area (Å²) in [6, 6.07) is 7.18. The van der Waals surface area contributed by atoms with Gasteiger partial charge in [-0.05, 0) is 30.0 Å². The van der Waals surface area contributed by atoms with Crippen LogP contribution < -0.4 is 0 Å². The Morgan fingerprint density at radius 1 is 1.33 bits per heavy atom. The van der Waals surface area contributed by atoms with E-state index in [4.69, 9.17) is 5.11 Å². The van der Waals surface area contributed by atoms with Crippen molar-refractivity contribution in [3.05, 3.63) is 35.4 Å². The zero-order valence-electron chi connectivity index (χ0n) is 9.36. The summed E-state index contributed by atoms with van der Waals surface area (Å²) in [4.78, 5) is 10.6. The molecule has 0 aliphatic carbocycles. The molecule has 0 heterocycles. The Hall–Kier alpha value is -1.31. The van der Waals surface area contributed by atoms with Crippen LogP contribution in [0.5, 0.6) is 0 Å². The second-order valence-electron chi connectivity index (χ2n) is 4.10. The van der Waals surface area contributed by atoms with Crippen molar-refractivity contribution in [3.8, 4) is 0 Å². The molecule has 1 atom stereocenters. The third kappa shape index (κ3) is 3.74. The first-order chi connectivity index (χ1) is 7.13. The Morgan fingerprint density at radius 3 is 2.40 bits per heavy atom. The van der Waals surface area contributed by atoms with Crippen LogP contribution in [-0.4, -0.2) is 11.1 Å². The first-order valence-corrected chi connectivity index (χ1v) is 5.45. The summed E-state index contributed by atoms with van der Waals surface area (Å²) >= 11 is 0. The monoisotopic (exact) mass is 206 g/mol. The Bertz CT molecular complexity index is 314. The van der Waals surface area contributed by atoms with Crippen molar-refractivity contribution < 1.29 is 9.90 Å². The van der Waals surface area contributed by atoms with E-state index in [0.717, 1.165) is 6.42 Å². The predicted molar refractivity (Wildman–Crippen MR) is 61.2 cm³/mol. The van der Waals surface area contributed by atoms with Gasteiger partial charge in [-0.1, -0.05) is 38.8 Å². The van der Waals surface area contributed by atoms with Gasteiger partial charge in [0.25, 0.3) is 0 Å². The lowest BCUT2D eigenvalue weighted by Gasteiger charge is -2.09. The minimum atomic E-state index is -0.858. The summed E-state index contributed by atoms with van der Waals surface area (Å²) in [6.07, 6.45) is 3.46. The number of carboxylic acids is 1. The van der Waals surface area contributed by atoms with Crippen LogP contribution in [0.25, 0.3) is 0 Å². The van der Waals surface area contributed by atoms with Gasteiger partial charge in [-0.15, -0.1) is 0 Å². The maximum atomic E-state index is 10.6. The SMILES string of the molecule is CCCC(C)Cc1ccc(C(=O)O)cc1. The lowest BCUT2D eigenvalue weighted by atomic mass is 9.96. The molecule has 1 unspecified atom stereocenters. The molecular weight excluding hydrogens is 188 g/mol. The largest absolute Gasteiger partial charge is 0.478 e. The fourth-order valence-corrected chi connectivity index (χ4v) is 1.78. The van der Waals surface area contributed by atoms with Crippen LogP contribution in [0, 0.1) is 5.92 Å². The van der Waals surface area contributed by atoms with Crippen molar-refractivity contribution in [1.29, 1.82) is 0 Å². The molecule has 1 aromatic rings. The highest BCUT2D eigenvalue weighted by molar-refractivity contribution is 5.87. The van der Waals surface area contributed by atoms with E-state index >= 15 is 0 Å². The molecule has 0 saturated carbocycles. The predicted octanol–water partition coefficient (Wildman–Crippen LogP) is 3.36. The molecule has 1 rings (SSSR count). The van der Waals surface area contributed by atoms with E-state index in [0.29, 0.717) is 11.5 Å². The quantitative estimate of drug-likeness (QED) is 0.802. The second kappa shape index (κ2) is 5.54. The Morgan fingerprint density at radius 2 is 1.93 bits per heavy atom. The van der Waals surface area contributed by atoms with Gasteiger partial charge < -0.3 is 5.11 Å². The van der Waals surface area contributed by atoms with Gasteiger partial charge in [0.2, 0.25) is 0 Å². The molecule has 0 bridgehead atoms. The van der Waals surface area contributed by atoms with Crippen LogP contribution >= 0.6 is 0 Å². The summed E-state index contributed by atoms with van der Waals surface area (Å²) in [7, 11) is 0. The molecule has 0 aliphatic rings. The molecule has 15 heavy (non-hydrogen) atoms. The van der Waals surface area contributed by atoms with E-state index < -0.39 is 5.97 Å². The Balaban J connectivity index is 2.60. The van der Waals surface area contributed by atoms with Gasteiger partial charge >= 0.3 is 5.97 Å². The summed E-state index contributed by atoms with van der Waals surface area (Å²) in [6.45, 7) is 4.42. The number of carboxylic acid groups (broad SMARTS) is 1. The second-order valence-corrected chi connectivity index (χ2v) is 4.10. The average Bonchev–Trinajstić information content (AvgIpc) is 2.18. The van der Waals surface area contributed by atoms with Crippen molar-refractivity contribution in [3.63, 3.8) is 0 Å². The van der Waals surface area contributed by atoms with E-state index in [1.54, 1.807) is 12.1 Å². The molecule has 0 amide bonds. The maximum Gasteiger partial charge on any atom is 0.335 e. The van der Waals surface area contributed by atoms with Crippen molar-refractivity contribution in [2.24, 2.45) is 5.92 Å². The highest BCUT2D eigenvalue weighted by atomic mass is 16.4. The summed E-state index contributed by atoms with van der Waals surface area (Å²) in [5.74, 6) is -0.186. The minimum absolute atomic E-state index is 0.363. The molecule has 0 radical (unpaired) electrons. The van der Waals surface area contributed by atoms with Gasteiger partial charge in [0.1, 0.15) is 0 Å². The van der Waals surface area contributed by atoms with Crippen LogP contribution in [0.2, 0.25) is 0 Å². The smallest absolute Gasteiger partial charge is 0.335 e. The Labute approximate surface area is 90.9 Å². The molecule has 1 N–H and O–H groups in total. The number of aromatic carboxylic acids is 1. The minimum Gasteiger partial charge on any atom is -0.478 e. The van der Waals surface area contributed by atoms with Crippen molar-refractivity contribution in [2.75, 3.05) is 0 Å². The van der Waals surface area contributed by atoms with E-state index in [1.807, 2.05) is 12.1 Å². The highest BCUT2D eigenvalue weighted by Crippen LogP contribution is 2.14. The van der Waals surface area contributed by atoms with Gasteiger partial charge in [-0.25, -0.2) is 4.79 Å². The highest BCUT2D eigenvalue weighted by Gasteiger charge is 2.04. The number of hydrogen-bond acceptors (Lipinski definition) is 1. The first kappa shape index (κ1) is 11.8. The summed E-state index contributed by atoms with van der Waals surface area (Å²) in [5, 5.41) is 8.74. The van der Waals surface area contributed by atoms with E-state index in [1.165, 1.54) is 18.4 Å². The van der Waals surface area contributed by atoms with Gasteiger partial charge in [0.05, 0.1) is 5.56 Å². The van der Waals surface area contributed by atoms with Crippen LogP contribution in [-0.2, 0) is 6.42 Å². The van der Waals surface area contributed by atoms with Crippen LogP contribution in [0.1, 0.15) is 42.6 Å². The van der Waals surface area contributed by atoms with Gasteiger partial charge in [-0.3, -0.25) is 0 Å². The number of benzene rings is 1. The van der Waals surface area contributed by atoms with Crippen molar-refractivity contribution in [2.45, 2.75) is 33.1 Å². The van der Waals surface area contributed by atoms with E-state index in [9.17, 15) is 4.79 Å². The normalized spacial score (nSPS) is 12.4. The average molecular weight is 206 g/mol. The van der Waals surface area contributed by atoms with Crippen LogP contribution in [0.15, 0.2) is 24.3 Å². The first-order valence-electron chi connectivity index (χ1n) is 5.45. The lowest BCUT2D eigenvalue weighted by Crippen LogP contribution is -2.00. The molecule has 0 spiro atoms. The van der Waals surface area contributed by atoms with Gasteiger partial charge in [-0.2, -0.15) is 0 Å². The number of hydrogen-bond donors (Lipinski definition) is 1. The third-order valence-corrected chi connectivity index (χ3v) is 2.57. The topological polar surface area (TPSA) is 37.3 Å². The maximum absolute atomic E-state index is 10.6. The molecule has 0 saturated heterocycles. The summed E-state index contributed by atoms with van der Waals surface area (Å²) in [5.41, 5.74) is 1.59. The third-order valence-electron chi connectivity index (χ3n) is 2.57. The molecule has 0 aromatic heterocycles. The molecule has 1 aromatic carbocycles. The molecule has 2 heteroatoms. The molecule has 0 aliphatic heterocycles. The fourth-order valence-electron chi connectivity index (χ4n) is 1.78. The fraction of sp³-hybridized carbons (Fsp3) is 0.462. The zero-order valence-corrected chi connectivity index (χ0v) is 9.36. The molecule has 82 valence electrons. The molecule has 2 nitrogen and oxygen atoms in total. The van der Waals surface area contributed by atoms with Gasteiger partial charge in [0, 0.05) is 0 Å². The molecule has 0 fully saturated rings. The van der Waals surface area contributed by atoms with Gasteiger partial charge in [0.15, 0.2) is 0 Å². The summed E-state index contributed by atoms with van der Waals surface area (Å²) < 4.78 is 0. The van der Waals surface area contributed by atoms with E-state index in [-0.39, 0.29) is 0 Å². The van der Waals surface area contributed by atoms with Crippen molar-refractivity contribution in [1.82, 2.24) is 0 Å². The van der Waals surface area contributed by atoms with E-state index in [2.05, 4.69) is 13.8 Å². The lowest BCUT2D eigenvalue weighted by molar-refractivity contribution is 0.0697. The standard InChI is InChI=1S/C13H18O2/c1-3-4-10(2)9-11-5-7-12(8-6-11)13(14)15/h5-8,10H,3-4,9H2,1-2H3,(H,14,15). The number of carbonyl (C=O) groups is 1.